The molecule has 0 spiro atoms. The first-order chi connectivity index (χ1) is 9.35. The lowest BCUT2D eigenvalue weighted by molar-refractivity contribution is -0.137. The van der Waals surface area contributed by atoms with Crippen LogP contribution in [0.1, 0.15) is 13.3 Å². The Labute approximate surface area is 118 Å². The van der Waals surface area contributed by atoms with Gasteiger partial charge >= 0.3 is 16.2 Å². The minimum absolute atomic E-state index is 0.0955. The van der Waals surface area contributed by atoms with Crippen LogP contribution in [-0.4, -0.2) is 44.0 Å². The summed E-state index contributed by atoms with van der Waals surface area (Å²) < 4.78 is 32.4. The molecule has 112 valence electrons. The van der Waals surface area contributed by atoms with Crippen molar-refractivity contribution < 1.29 is 23.1 Å². The van der Waals surface area contributed by atoms with Crippen molar-refractivity contribution in [3.8, 4) is 5.75 Å². The Bertz CT molecular complexity index is 541. The molecule has 1 aromatic carbocycles. The van der Waals surface area contributed by atoms with Crippen LogP contribution in [0.15, 0.2) is 24.3 Å². The number of aliphatic carboxylic acids is 1. The highest BCUT2D eigenvalue weighted by Crippen LogP contribution is 2.17. The zero-order valence-electron chi connectivity index (χ0n) is 11.4. The zero-order chi connectivity index (χ0) is 15.2. The highest BCUT2D eigenvalue weighted by atomic mass is 32.2. The van der Waals surface area contributed by atoms with Gasteiger partial charge in [0.05, 0.1) is 18.7 Å². The molecule has 0 saturated heterocycles. The Morgan fingerprint density at radius 3 is 2.45 bits per heavy atom. The van der Waals surface area contributed by atoms with Gasteiger partial charge in [-0.15, -0.1) is 0 Å². The van der Waals surface area contributed by atoms with E-state index in [2.05, 4.69) is 4.72 Å². The number of nitrogens with zero attached hydrogens (tertiary/aromatic N) is 1. The van der Waals surface area contributed by atoms with Crippen LogP contribution in [0.4, 0.5) is 5.69 Å². The molecule has 0 amide bonds. The summed E-state index contributed by atoms with van der Waals surface area (Å²) in [5.74, 6) is -0.400. The maximum Gasteiger partial charge on any atom is 0.304 e. The van der Waals surface area contributed by atoms with E-state index in [0.29, 0.717) is 18.0 Å². The summed E-state index contributed by atoms with van der Waals surface area (Å²) in [4.78, 5) is 10.4. The molecule has 2 N–H and O–H groups in total. The summed E-state index contributed by atoms with van der Waals surface area (Å²) in [7, 11) is -2.44. The lowest BCUT2D eigenvalue weighted by atomic mass is 10.3. The second-order valence-electron chi connectivity index (χ2n) is 4.03. The van der Waals surface area contributed by atoms with Gasteiger partial charge in [-0.25, -0.2) is 0 Å². The Kier molecular flexibility index (Phi) is 5.78. The maximum atomic E-state index is 11.9. The van der Waals surface area contributed by atoms with E-state index in [0.717, 1.165) is 4.31 Å². The summed E-state index contributed by atoms with van der Waals surface area (Å²) in [6.45, 7) is 2.29. The van der Waals surface area contributed by atoms with Crippen LogP contribution in [0, 0.1) is 0 Å². The Hall–Kier alpha value is -1.80. The number of carbonyl (C=O) groups is 1. The first kappa shape index (κ1) is 16.3. The molecule has 0 aliphatic carbocycles. The molecule has 1 rings (SSSR count). The fraction of sp³-hybridized carbons (Fsp3) is 0.417. The topological polar surface area (TPSA) is 95.9 Å². The van der Waals surface area contributed by atoms with Gasteiger partial charge in [-0.05, 0) is 31.2 Å². The number of hydrogen-bond acceptors (Lipinski definition) is 4. The smallest absolute Gasteiger partial charge is 0.304 e. The predicted molar refractivity (Wildman–Crippen MR) is 75.0 cm³/mol. The molecule has 0 aliphatic heterocycles. The van der Waals surface area contributed by atoms with Gasteiger partial charge in [-0.3, -0.25) is 9.52 Å². The first-order valence-corrected chi connectivity index (χ1v) is 7.48. The van der Waals surface area contributed by atoms with E-state index >= 15 is 0 Å². The number of carboxylic acids is 1. The van der Waals surface area contributed by atoms with Gasteiger partial charge < -0.3 is 9.84 Å². The van der Waals surface area contributed by atoms with E-state index in [1.807, 2.05) is 6.92 Å². The average molecular weight is 302 g/mol. The second-order valence-corrected chi connectivity index (χ2v) is 5.81. The third-order valence-electron chi connectivity index (χ3n) is 2.46. The monoisotopic (exact) mass is 302 g/mol. The van der Waals surface area contributed by atoms with Crippen molar-refractivity contribution in [3.05, 3.63) is 24.3 Å². The standard InChI is InChI=1S/C12H18N2O5S/c1-3-19-11-6-4-10(5-7-11)13-20(17,18)14(2)9-8-12(15)16/h4-7,13H,3,8-9H2,1-2H3,(H,15,16). The SMILES string of the molecule is CCOc1ccc(NS(=O)(=O)N(C)CCC(=O)O)cc1. The van der Waals surface area contributed by atoms with Gasteiger partial charge in [-0.2, -0.15) is 12.7 Å². The minimum atomic E-state index is -3.75. The van der Waals surface area contributed by atoms with E-state index in [1.165, 1.54) is 7.05 Å². The number of anilines is 1. The fourth-order valence-corrected chi connectivity index (χ4v) is 2.31. The molecule has 20 heavy (non-hydrogen) atoms. The molecule has 0 heterocycles. The van der Waals surface area contributed by atoms with Crippen molar-refractivity contribution in [2.45, 2.75) is 13.3 Å². The molecule has 8 heteroatoms. The van der Waals surface area contributed by atoms with E-state index in [-0.39, 0.29) is 13.0 Å². The normalized spacial score (nSPS) is 11.3. The highest BCUT2D eigenvalue weighted by molar-refractivity contribution is 7.90. The Balaban J connectivity index is 2.67. The first-order valence-electron chi connectivity index (χ1n) is 6.04. The van der Waals surface area contributed by atoms with Crippen molar-refractivity contribution >= 4 is 21.9 Å². The molecule has 0 radical (unpaired) electrons. The molecule has 0 bridgehead atoms. The summed E-state index contributed by atoms with van der Waals surface area (Å²) in [5.41, 5.74) is 0.385. The molecule has 1 aromatic rings. The van der Waals surface area contributed by atoms with Crippen LogP contribution in [0.3, 0.4) is 0 Å². The third kappa shape index (κ3) is 5.06. The Morgan fingerprint density at radius 2 is 1.95 bits per heavy atom. The van der Waals surface area contributed by atoms with Gasteiger partial charge in [0, 0.05) is 13.6 Å². The van der Waals surface area contributed by atoms with Crippen molar-refractivity contribution in [2.75, 3.05) is 24.9 Å². The number of benzene rings is 1. The Morgan fingerprint density at radius 1 is 1.35 bits per heavy atom. The van der Waals surface area contributed by atoms with Crippen molar-refractivity contribution in [3.63, 3.8) is 0 Å². The van der Waals surface area contributed by atoms with Gasteiger partial charge in [0.15, 0.2) is 0 Å². The van der Waals surface area contributed by atoms with Crippen LogP contribution < -0.4 is 9.46 Å². The average Bonchev–Trinajstić information content (AvgIpc) is 2.38. The molecular formula is C12H18N2O5S. The van der Waals surface area contributed by atoms with Crippen LogP contribution in [0.5, 0.6) is 5.75 Å². The summed E-state index contributed by atoms with van der Waals surface area (Å²) in [6, 6.07) is 6.46. The van der Waals surface area contributed by atoms with E-state index < -0.39 is 16.2 Å². The van der Waals surface area contributed by atoms with E-state index in [1.54, 1.807) is 24.3 Å². The van der Waals surface area contributed by atoms with Gasteiger partial charge in [0.25, 0.3) is 0 Å². The van der Waals surface area contributed by atoms with E-state index in [9.17, 15) is 13.2 Å². The van der Waals surface area contributed by atoms with Crippen LogP contribution in [-0.2, 0) is 15.0 Å². The molecular weight excluding hydrogens is 284 g/mol. The molecule has 0 atom stereocenters. The van der Waals surface area contributed by atoms with Gasteiger partial charge in [0.2, 0.25) is 0 Å². The molecule has 0 fully saturated rings. The zero-order valence-corrected chi connectivity index (χ0v) is 12.2. The van der Waals surface area contributed by atoms with Crippen LogP contribution >= 0.6 is 0 Å². The molecule has 0 saturated carbocycles. The second kappa shape index (κ2) is 7.11. The number of carboxylic acid groups (broad SMARTS) is 1. The molecule has 0 aliphatic rings. The van der Waals surface area contributed by atoms with Crippen molar-refractivity contribution in [1.82, 2.24) is 4.31 Å². The molecule has 0 aromatic heterocycles. The number of ether oxygens (including phenoxy) is 1. The number of rotatable bonds is 8. The van der Waals surface area contributed by atoms with Crippen LogP contribution in [0.25, 0.3) is 0 Å². The van der Waals surface area contributed by atoms with Crippen molar-refractivity contribution in [1.29, 1.82) is 0 Å². The molecule has 0 unspecified atom stereocenters. The van der Waals surface area contributed by atoms with Crippen LogP contribution in [0.2, 0.25) is 0 Å². The number of nitrogens with one attached hydrogen (secondary N) is 1. The lowest BCUT2D eigenvalue weighted by Gasteiger charge is -2.17. The lowest BCUT2D eigenvalue weighted by Crippen LogP contribution is -2.34. The van der Waals surface area contributed by atoms with E-state index in [4.69, 9.17) is 9.84 Å². The van der Waals surface area contributed by atoms with Gasteiger partial charge in [0.1, 0.15) is 5.75 Å². The van der Waals surface area contributed by atoms with Crippen molar-refractivity contribution in [2.24, 2.45) is 0 Å². The van der Waals surface area contributed by atoms with Gasteiger partial charge in [-0.1, -0.05) is 0 Å². The predicted octanol–water partition coefficient (Wildman–Crippen LogP) is 1.15. The largest absolute Gasteiger partial charge is 0.494 e. The molecule has 7 nitrogen and oxygen atoms in total. The summed E-state index contributed by atoms with van der Waals surface area (Å²) in [5, 5.41) is 8.54. The third-order valence-corrected chi connectivity index (χ3v) is 3.96. The fourth-order valence-electron chi connectivity index (χ4n) is 1.39. The number of hydrogen-bond donors (Lipinski definition) is 2. The minimum Gasteiger partial charge on any atom is -0.494 e. The summed E-state index contributed by atoms with van der Waals surface area (Å²) in [6.07, 6.45) is -0.249. The maximum absolute atomic E-state index is 11.9. The quantitative estimate of drug-likeness (QED) is 0.751. The highest BCUT2D eigenvalue weighted by Gasteiger charge is 2.18. The summed E-state index contributed by atoms with van der Waals surface area (Å²) >= 11 is 0.